The van der Waals surface area contributed by atoms with Crippen LogP contribution in [0.3, 0.4) is 0 Å². The standard InChI is InChI=1S/C15H13N3O2S/c1-3-20-15(19)12-9(2)18-14(21)11(8-16)13(12)10-4-6-17-7-5-10/h4-7H,3H2,1-2H3,(H,18,21). The molecule has 21 heavy (non-hydrogen) atoms. The van der Waals surface area contributed by atoms with E-state index in [1.165, 1.54) is 0 Å². The fraction of sp³-hybridized carbons (Fsp3) is 0.200. The molecule has 0 bridgehead atoms. The average Bonchev–Trinajstić information content (AvgIpc) is 2.47. The molecule has 0 aliphatic rings. The minimum atomic E-state index is -0.482. The predicted molar refractivity (Wildman–Crippen MR) is 80.3 cm³/mol. The molecule has 2 rings (SSSR count). The molecule has 6 heteroatoms. The number of carbonyl (C=O) groups is 1. The molecule has 0 saturated carbocycles. The van der Waals surface area contributed by atoms with Crippen molar-refractivity contribution in [2.24, 2.45) is 0 Å². The van der Waals surface area contributed by atoms with Gasteiger partial charge in [0.15, 0.2) is 0 Å². The van der Waals surface area contributed by atoms with Gasteiger partial charge in [0, 0.05) is 23.7 Å². The number of nitriles is 1. The van der Waals surface area contributed by atoms with Crippen molar-refractivity contribution in [1.29, 1.82) is 5.26 Å². The second-order valence-electron chi connectivity index (χ2n) is 4.27. The van der Waals surface area contributed by atoms with E-state index in [4.69, 9.17) is 17.0 Å². The van der Waals surface area contributed by atoms with Crippen LogP contribution in [0.2, 0.25) is 0 Å². The van der Waals surface area contributed by atoms with Gasteiger partial charge in [0.25, 0.3) is 0 Å². The normalized spacial score (nSPS) is 9.95. The van der Waals surface area contributed by atoms with Crippen LogP contribution >= 0.6 is 12.2 Å². The van der Waals surface area contributed by atoms with Gasteiger partial charge in [0.05, 0.1) is 17.7 Å². The molecule has 0 saturated heterocycles. The van der Waals surface area contributed by atoms with Crippen LogP contribution in [-0.4, -0.2) is 22.5 Å². The number of esters is 1. The Hall–Kier alpha value is -2.52. The molecule has 2 aromatic rings. The Morgan fingerprint density at radius 3 is 2.71 bits per heavy atom. The average molecular weight is 299 g/mol. The third kappa shape index (κ3) is 2.83. The highest BCUT2D eigenvalue weighted by molar-refractivity contribution is 7.71. The highest BCUT2D eigenvalue weighted by Gasteiger charge is 2.22. The van der Waals surface area contributed by atoms with Crippen LogP contribution < -0.4 is 0 Å². The first-order chi connectivity index (χ1) is 10.1. The third-order valence-electron chi connectivity index (χ3n) is 2.96. The monoisotopic (exact) mass is 299 g/mol. The number of nitrogens with one attached hydrogen (secondary N) is 1. The molecule has 0 aliphatic carbocycles. The minimum absolute atomic E-state index is 0.254. The van der Waals surface area contributed by atoms with Gasteiger partial charge in [-0.2, -0.15) is 5.26 Å². The van der Waals surface area contributed by atoms with Gasteiger partial charge in [-0.15, -0.1) is 0 Å². The number of aromatic nitrogens is 2. The lowest BCUT2D eigenvalue weighted by Crippen LogP contribution is -2.12. The van der Waals surface area contributed by atoms with Gasteiger partial charge < -0.3 is 9.72 Å². The molecule has 0 fully saturated rings. The van der Waals surface area contributed by atoms with Gasteiger partial charge in [-0.3, -0.25) is 4.98 Å². The van der Waals surface area contributed by atoms with Crippen LogP contribution in [0.15, 0.2) is 24.5 Å². The van der Waals surface area contributed by atoms with Crippen LogP contribution in [0.25, 0.3) is 11.1 Å². The number of hydrogen-bond donors (Lipinski definition) is 1. The van der Waals surface area contributed by atoms with E-state index in [1.807, 2.05) is 0 Å². The highest BCUT2D eigenvalue weighted by atomic mass is 32.1. The molecule has 5 nitrogen and oxygen atoms in total. The topological polar surface area (TPSA) is 78.8 Å². The molecular formula is C15H13N3O2S. The number of rotatable bonds is 3. The SMILES string of the molecule is CCOC(=O)c1c(C)[nH]c(=S)c(C#N)c1-c1ccncc1. The van der Waals surface area contributed by atoms with Crippen LogP contribution in [0, 0.1) is 22.9 Å². The molecule has 0 unspecified atom stereocenters. The summed E-state index contributed by atoms with van der Waals surface area (Å²) in [5.41, 5.74) is 2.34. The van der Waals surface area contributed by atoms with Gasteiger partial charge in [-0.05, 0) is 31.5 Å². The number of nitrogens with zero attached hydrogens (tertiary/aromatic N) is 2. The fourth-order valence-electron chi connectivity index (χ4n) is 2.09. The van der Waals surface area contributed by atoms with Gasteiger partial charge in [-0.25, -0.2) is 4.79 Å². The van der Waals surface area contributed by atoms with Gasteiger partial charge in [0.1, 0.15) is 10.7 Å². The Morgan fingerprint density at radius 1 is 1.48 bits per heavy atom. The summed E-state index contributed by atoms with van der Waals surface area (Å²) < 4.78 is 5.39. The molecule has 0 spiro atoms. The van der Waals surface area contributed by atoms with E-state index >= 15 is 0 Å². The molecule has 0 radical (unpaired) electrons. The quantitative estimate of drug-likeness (QED) is 0.695. The first kappa shape index (κ1) is 14.9. The largest absolute Gasteiger partial charge is 0.462 e. The van der Waals surface area contributed by atoms with Crippen molar-refractivity contribution in [2.75, 3.05) is 6.61 Å². The minimum Gasteiger partial charge on any atom is -0.462 e. The highest BCUT2D eigenvalue weighted by Crippen LogP contribution is 2.29. The summed E-state index contributed by atoms with van der Waals surface area (Å²) >= 11 is 5.19. The Kier molecular flexibility index (Phi) is 4.45. The van der Waals surface area contributed by atoms with Crippen molar-refractivity contribution in [1.82, 2.24) is 9.97 Å². The first-order valence-electron chi connectivity index (χ1n) is 6.34. The summed E-state index contributed by atoms with van der Waals surface area (Å²) in [4.78, 5) is 19.1. The molecule has 2 aromatic heterocycles. The van der Waals surface area contributed by atoms with Crippen LogP contribution in [-0.2, 0) is 4.74 Å². The number of pyridine rings is 2. The van der Waals surface area contributed by atoms with E-state index in [0.717, 1.165) is 0 Å². The maximum absolute atomic E-state index is 12.2. The van der Waals surface area contributed by atoms with Gasteiger partial charge in [0.2, 0.25) is 0 Å². The van der Waals surface area contributed by atoms with Crippen molar-refractivity contribution >= 4 is 18.2 Å². The predicted octanol–water partition coefficient (Wildman–Crippen LogP) is 3.16. The molecule has 0 aromatic carbocycles. The molecule has 106 valence electrons. The molecule has 0 atom stereocenters. The zero-order valence-corrected chi connectivity index (χ0v) is 12.5. The van der Waals surface area contributed by atoms with E-state index in [0.29, 0.717) is 27.0 Å². The number of aromatic amines is 1. The lowest BCUT2D eigenvalue weighted by molar-refractivity contribution is 0.0526. The van der Waals surface area contributed by atoms with E-state index in [9.17, 15) is 10.1 Å². The van der Waals surface area contributed by atoms with Gasteiger partial charge in [-0.1, -0.05) is 12.2 Å². The Balaban J connectivity index is 2.85. The summed E-state index contributed by atoms with van der Waals surface area (Å²) in [5, 5.41) is 9.38. The lowest BCUT2D eigenvalue weighted by atomic mass is 9.96. The van der Waals surface area contributed by atoms with E-state index < -0.39 is 5.97 Å². The van der Waals surface area contributed by atoms with Crippen LogP contribution in [0.5, 0.6) is 0 Å². The Bertz CT molecular complexity index is 776. The third-order valence-corrected chi connectivity index (χ3v) is 3.27. The van der Waals surface area contributed by atoms with E-state index in [-0.39, 0.29) is 12.2 Å². The van der Waals surface area contributed by atoms with Crippen molar-refractivity contribution in [3.63, 3.8) is 0 Å². The molecule has 1 N–H and O–H groups in total. The number of aryl methyl sites for hydroxylation is 1. The smallest absolute Gasteiger partial charge is 0.340 e. The van der Waals surface area contributed by atoms with Crippen molar-refractivity contribution in [3.05, 3.63) is 46.0 Å². The Morgan fingerprint density at radius 2 is 2.14 bits per heavy atom. The Labute approximate surface area is 127 Å². The molecular weight excluding hydrogens is 286 g/mol. The van der Waals surface area contributed by atoms with E-state index in [2.05, 4.69) is 16.0 Å². The summed E-state index contributed by atoms with van der Waals surface area (Å²) in [6.07, 6.45) is 3.20. The maximum Gasteiger partial charge on any atom is 0.340 e. The number of H-pyrrole nitrogens is 1. The maximum atomic E-state index is 12.2. The molecule has 0 amide bonds. The van der Waals surface area contributed by atoms with Crippen LogP contribution in [0.1, 0.15) is 28.5 Å². The zero-order chi connectivity index (χ0) is 15.4. The summed E-state index contributed by atoms with van der Waals surface area (Å²) in [6, 6.07) is 5.52. The van der Waals surface area contributed by atoms with Crippen molar-refractivity contribution < 1.29 is 9.53 Å². The zero-order valence-electron chi connectivity index (χ0n) is 11.6. The second-order valence-corrected chi connectivity index (χ2v) is 4.68. The van der Waals surface area contributed by atoms with Gasteiger partial charge >= 0.3 is 5.97 Å². The summed E-state index contributed by atoms with van der Waals surface area (Å²) in [5.74, 6) is -0.482. The summed E-state index contributed by atoms with van der Waals surface area (Å²) in [7, 11) is 0. The first-order valence-corrected chi connectivity index (χ1v) is 6.75. The van der Waals surface area contributed by atoms with E-state index in [1.54, 1.807) is 38.4 Å². The second kappa shape index (κ2) is 6.29. The van der Waals surface area contributed by atoms with Crippen LogP contribution in [0.4, 0.5) is 0 Å². The number of carbonyl (C=O) groups excluding carboxylic acids is 1. The van der Waals surface area contributed by atoms with Crippen molar-refractivity contribution in [3.8, 4) is 17.2 Å². The number of ether oxygens (including phenoxy) is 1. The lowest BCUT2D eigenvalue weighted by Gasteiger charge is -2.13. The fourth-order valence-corrected chi connectivity index (χ4v) is 2.39. The molecule has 2 heterocycles. The molecule has 0 aliphatic heterocycles. The van der Waals surface area contributed by atoms with Crippen molar-refractivity contribution in [2.45, 2.75) is 13.8 Å². The number of hydrogen-bond acceptors (Lipinski definition) is 5. The summed E-state index contributed by atoms with van der Waals surface area (Å²) in [6.45, 7) is 3.72.